The summed E-state index contributed by atoms with van der Waals surface area (Å²) in [7, 11) is -3.71. The van der Waals surface area contributed by atoms with E-state index in [1.165, 1.54) is 24.3 Å². The van der Waals surface area contributed by atoms with Gasteiger partial charge in [-0.05, 0) is 24.3 Å². The molecule has 2 rings (SSSR count). The van der Waals surface area contributed by atoms with E-state index in [0.29, 0.717) is 5.69 Å². The zero-order chi connectivity index (χ0) is 17.7. The summed E-state index contributed by atoms with van der Waals surface area (Å²) in [5, 5.41) is 20.2. The predicted molar refractivity (Wildman–Crippen MR) is 84.2 cm³/mol. The predicted octanol–water partition coefficient (Wildman–Crippen LogP) is -1.39. The molecule has 9 nitrogen and oxygen atoms in total. The van der Waals surface area contributed by atoms with Gasteiger partial charge in [0.2, 0.25) is 10.0 Å². The lowest BCUT2D eigenvalue weighted by atomic mass is 10.3. The Kier molecular flexibility index (Phi) is 5.67. The summed E-state index contributed by atoms with van der Waals surface area (Å²) in [5.41, 5.74) is 0.469. The van der Waals surface area contributed by atoms with Crippen molar-refractivity contribution in [3.05, 3.63) is 36.0 Å². The maximum atomic E-state index is 12.0. The molecule has 1 aliphatic heterocycles. The summed E-state index contributed by atoms with van der Waals surface area (Å²) in [6.45, 7) is -0.820. The number of imide groups is 1. The van der Waals surface area contributed by atoms with Crippen LogP contribution in [0.5, 0.6) is 0 Å². The van der Waals surface area contributed by atoms with E-state index in [0.717, 1.165) is 11.0 Å². The SMILES string of the molecule is O=C1C=C(Nc2ccc(S(=O)(=O)NCCO)cc2)C(=O)N1CCO. The van der Waals surface area contributed by atoms with E-state index < -0.39 is 21.8 Å². The molecule has 1 aromatic carbocycles. The Morgan fingerprint density at radius 3 is 2.29 bits per heavy atom. The van der Waals surface area contributed by atoms with Crippen molar-refractivity contribution < 1.29 is 28.2 Å². The summed E-state index contributed by atoms with van der Waals surface area (Å²) < 4.78 is 26.0. The summed E-state index contributed by atoms with van der Waals surface area (Å²) in [6, 6.07) is 5.55. The molecule has 0 saturated heterocycles. The normalized spacial score (nSPS) is 14.9. The minimum atomic E-state index is -3.71. The highest BCUT2D eigenvalue weighted by molar-refractivity contribution is 7.89. The van der Waals surface area contributed by atoms with Crippen molar-refractivity contribution in [3.8, 4) is 0 Å². The van der Waals surface area contributed by atoms with Crippen LogP contribution in [0.3, 0.4) is 0 Å². The molecule has 10 heteroatoms. The second kappa shape index (κ2) is 7.53. The number of nitrogens with one attached hydrogen (secondary N) is 2. The van der Waals surface area contributed by atoms with Crippen molar-refractivity contribution in [1.82, 2.24) is 9.62 Å². The van der Waals surface area contributed by atoms with Crippen LogP contribution < -0.4 is 10.0 Å². The second-order valence-electron chi connectivity index (χ2n) is 4.85. The van der Waals surface area contributed by atoms with Crippen LogP contribution in [0.4, 0.5) is 5.69 Å². The van der Waals surface area contributed by atoms with E-state index in [1.807, 2.05) is 0 Å². The summed E-state index contributed by atoms with van der Waals surface area (Å²) in [4.78, 5) is 24.5. The third kappa shape index (κ3) is 3.97. The number of carbonyl (C=O) groups excluding carboxylic acids is 2. The Hall–Kier alpha value is -2.27. The van der Waals surface area contributed by atoms with E-state index in [1.54, 1.807) is 0 Å². The maximum Gasteiger partial charge on any atom is 0.277 e. The molecule has 1 aromatic rings. The molecule has 0 unspecified atom stereocenters. The highest BCUT2D eigenvalue weighted by Gasteiger charge is 2.30. The molecule has 2 amide bonds. The Labute approximate surface area is 138 Å². The van der Waals surface area contributed by atoms with Gasteiger partial charge in [-0.3, -0.25) is 14.5 Å². The van der Waals surface area contributed by atoms with Crippen molar-refractivity contribution in [2.75, 3.05) is 31.6 Å². The fraction of sp³-hybridized carbons (Fsp3) is 0.286. The Bertz CT molecular complexity index is 757. The Morgan fingerprint density at radius 2 is 1.71 bits per heavy atom. The van der Waals surface area contributed by atoms with E-state index in [4.69, 9.17) is 10.2 Å². The summed E-state index contributed by atoms with van der Waals surface area (Å²) in [5.74, 6) is -1.08. The number of nitrogens with zero attached hydrogens (tertiary/aromatic N) is 1. The number of aliphatic hydroxyl groups excluding tert-OH is 2. The third-order valence-electron chi connectivity index (χ3n) is 3.18. The number of benzene rings is 1. The lowest BCUT2D eigenvalue weighted by molar-refractivity contribution is -0.137. The molecule has 0 spiro atoms. The summed E-state index contributed by atoms with van der Waals surface area (Å²) >= 11 is 0. The fourth-order valence-electron chi connectivity index (χ4n) is 2.05. The van der Waals surface area contributed by atoms with Crippen LogP contribution in [0.1, 0.15) is 0 Å². The molecule has 0 bridgehead atoms. The van der Waals surface area contributed by atoms with Gasteiger partial charge in [0.25, 0.3) is 11.8 Å². The van der Waals surface area contributed by atoms with Crippen molar-refractivity contribution in [1.29, 1.82) is 0 Å². The number of hydrogen-bond donors (Lipinski definition) is 4. The number of aliphatic hydroxyl groups is 2. The number of rotatable bonds is 8. The van der Waals surface area contributed by atoms with Crippen molar-refractivity contribution in [2.45, 2.75) is 4.90 Å². The first kappa shape index (κ1) is 18.1. The van der Waals surface area contributed by atoms with Gasteiger partial charge in [-0.2, -0.15) is 0 Å². The van der Waals surface area contributed by atoms with Crippen LogP contribution in [0.2, 0.25) is 0 Å². The quantitative estimate of drug-likeness (QED) is 0.422. The molecule has 0 radical (unpaired) electrons. The molecule has 0 aromatic heterocycles. The average molecular weight is 355 g/mol. The average Bonchev–Trinajstić information content (AvgIpc) is 2.81. The largest absolute Gasteiger partial charge is 0.395 e. The zero-order valence-corrected chi connectivity index (χ0v) is 13.4. The standard InChI is InChI=1S/C14H17N3O6S/c18-7-5-15-24(22,23)11-3-1-10(2-4-11)16-12-9-13(20)17(6-8-19)14(12)21/h1-4,9,15-16,18-19H,5-8H2. The van der Waals surface area contributed by atoms with Crippen molar-refractivity contribution >= 4 is 27.5 Å². The van der Waals surface area contributed by atoms with Gasteiger partial charge in [-0.15, -0.1) is 0 Å². The molecule has 1 aliphatic rings. The van der Waals surface area contributed by atoms with Crippen LogP contribution in [-0.4, -0.2) is 61.6 Å². The molecule has 0 atom stereocenters. The number of β-amino-alcohol motifs (C(OH)–C–C–N with tert-alkyl or cyclic N) is 1. The number of amides is 2. The number of hydrogen-bond acceptors (Lipinski definition) is 7. The van der Waals surface area contributed by atoms with Gasteiger partial charge >= 0.3 is 0 Å². The van der Waals surface area contributed by atoms with Gasteiger partial charge in [0.15, 0.2) is 0 Å². The molecule has 0 fully saturated rings. The first-order valence-electron chi connectivity index (χ1n) is 7.05. The van der Waals surface area contributed by atoms with Gasteiger partial charge in [0.05, 0.1) is 24.7 Å². The lowest BCUT2D eigenvalue weighted by Gasteiger charge is -2.13. The molecule has 4 N–H and O–H groups in total. The Morgan fingerprint density at radius 1 is 1.04 bits per heavy atom. The first-order chi connectivity index (χ1) is 11.4. The first-order valence-corrected chi connectivity index (χ1v) is 8.53. The minimum absolute atomic E-state index is 0.00575. The van der Waals surface area contributed by atoms with Gasteiger partial charge in [-0.1, -0.05) is 0 Å². The second-order valence-corrected chi connectivity index (χ2v) is 6.61. The van der Waals surface area contributed by atoms with Gasteiger partial charge in [0, 0.05) is 18.3 Å². The van der Waals surface area contributed by atoms with Gasteiger partial charge < -0.3 is 15.5 Å². The van der Waals surface area contributed by atoms with E-state index >= 15 is 0 Å². The van der Waals surface area contributed by atoms with Crippen LogP contribution in [0, 0.1) is 0 Å². The van der Waals surface area contributed by atoms with Crippen molar-refractivity contribution in [2.24, 2.45) is 0 Å². The van der Waals surface area contributed by atoms with Gasteiger partial charge in [-0.25, -0.2) is 13.1 Å². The number of carbonyl (C=O) groups is 2. The Balaban J connectivity index is 2.09. The number of anilines is 1. The molecule has 130 valence electrons. The van der Waals surface area contributed by atoms with Crippen LogP contribution in [-0.2, 0) is 19.6 Å². The lowest BCUT2D eigenvalue weighted by Crippen LogP contribution is -2.34. The van der Waals surface area contributed by atoms with E-state index in [9.17, 15) is 18.0 Å². The molecular weight excluding hydrogens is 338 g/mol. The highest BCUT2D eigenvalue weighted by Crippen LogP contribution is 2.19. The van der Waals surface area contributed by atoms with E-state index in [2.05, 4.69) is 10.0 Å². The van der Waals surface area contributed by atoms with Crippen LogP contribution in [0.25, 0.3) is 0 Å². The third-order valence-corrected chi connectivity index (χ3v) is 4.66. The topological polar surface area (TPSA) is 136 Å². The number of sulfonamides is 1. The monoisotopic (exact) mass is 355 g/mol. The van der Waals surface area contributed by atoms with Gasteiger partial charge in [0.1, 0.15) is 5.70 Å². The summed E-state index contributed by atoms with van der Waals surface area (Å²) in [6.07, 6.45) is 1.12. The molecule has 24 heavy (non-hydrogen) atoms. The zero-order valence-electron chi connectivity index (χ0n) is 12.6. The highest BCUT2D eigenvalue weighted by atomic mass is 32.2. The maximum absolute atomic E-state index is 12.0. The molecule has 0 saturated carbocycles. The van der Waals surface area contributed by atoms with Crippen LogP contribution >= 0.6 is 0 Å². The molecule has 0 aliphatic carbocycles. The fourth-order valence-corrected chi connectivity index (χ4v) is 3.07. The minimum Gasteiger partial charge on any atom is -0.395 e. The van der Waals surface area contributed by atoms with E-state index in [-0.39, 0.29) is 36.9 Å². The molecule has 1 heterocycles. The molecular formula is C14H17N3O6S. The smallest absolute Gasteiger partial charge is 0.277 e. The van der Waals surface area contributed by atoms with Crippen molar-refractivity contribution in [3.63, 3.8) is 0 Å². The van der Waals surface area contributed by atoms with Crippen LogP contribution in [0.15, 0.2) is 40.9 Å².